The zero-order valence-electron chi connectivity index (χ0n) is 10.4. The average Bonchev–Trinajstić information content (AvgIpc) is 2.65. The van der Waals surface area contributed by atoms with Crippen LogP contribution < -0.4 is 11.1 Å². The number of hydrogen-bond acceptors (Lipinski definition) is 4. The predicted octanol–water partition coefficient (Wildman–Crippen LogP) is 3.47. The second-order valence-corrected chi connectivity index (χ2v) is 7.63. The molecule has 7 heteroatoms. The van der Waals surface area contributed by atoms with Crippen LogP contribution in [0.25, 0.3) is 0 Å². The maximum atomic E-state index is 12.6. The molecule has 4 nitrogen and oxygen atoms in total. The van der Waals surface area contributed by atoms with E-state index in [0.717, 1.165) is 42.3 Å². The summed E-state index contributed by atoms with van der Waals surface area (Å²) in [4.78, 5) is 17.0. The first kappa shape index (κ1) is 14.9. The van der Waals surface area contributed by atoms with E-state index in [0.29, 0.717) is 10.1 Å². The first-order valence-corrected chi connectivity index (χ1v) is 8.29. The number of aromatic nitrogens is 1. The molecule has 1 aromatic rings. The number of thiazole rings is 1. The van der Waals surface area contributed by atoms with E-state index in [1.807, 2.05) is 0 Å². The molecule has 0 atom stereocenters. The van der Waals surface area contributed by atoms with Gasteiger partial charge >= 0.3 is 0 Å². The summed E-state index contributed by atoms with van der Waals surface area (Å²) in [5.41, 5.74) is 5.17. The van der Waals surface area contributed by atoms with E-state index in [4.69, 9.17) is 18.0 Å². The third kappa shape index (κ3) is 3.32. The lowest BCUT2D eigenvalue weighted by Gasteiger charge is -2.29. The normalized spacial score (nSPS) is 18.6. The Hall–Kier alpha value is -0.530. The number of rotatable bonds is 3. The molecule has 0 spiro atoms. The van der Waals surface area contributed by atoms with E-state index in [-0.39, 0.29) is 5.91 Å². The molecular formula is C12H16BrN3OS2. The molecule has 0 radical (unpaired) electrons. The lowest BCUT2D eigenvalue weighted by molar-refractivity contribution is -0.122. The van der Waals surface area contributed by atoms with Crippen LogP contribution in [0.2, 0.25) is 0 Å². The van der Waals surface area contributed by atoms with Crippen molar-refractivity contribution in [1.82, 2.24) is 4.98 Å². The quantitative estimate of drug-likeness (QED) is 0.638. The molecule has 1 aromatic heterocycles. The first-order chi connectivity index (χ1) is 9.04. The second kappa shape index (κ2) is 6.28. The molecule has 1 fully saturated rings. The molecule has 2 rings (SSSR count). The highest BCUT2D eigenvalue weighted by Crippen LogP contribution is 2.37. The van der Waals surface area contributed by atoms with Crippen molar-refractivity contribution in [2.45, 2.75) is 38.5 Å². The molecule has 0 saturated heterocycles. The summed E-state index contributed by atoms with van der Waals surface area (Å²) in [6, 6.07) is 0. The van der Waals surface area contributed by atoms with Crippen molar-refractivity contribution >= 4 is 55.5 Å². The molecule has 0 aliphatic heterocycles. The van der Waals surface area contributed by atoms with Crippen molar-refractivity contribution < 1.29 is 4.79 Å². The van der Waals surface area contributed by atoms with Crippen molar-refractivity contribution in [3.63, 3.8) is 0 Å². The molecule has 1 aliphatic rings. The Morgan fingerprint density at radius 1 is 1.42 bits per heavy atom. The molecule has 1 heterocycles. The fourth-order valence-corrected chi connectivity index (χ4v) is 3.84. The van der Waals surface area contributed by atoms with Gasteiger partial charge in [0.05, 0.1) is 20.4 Å². The zero-order valence-corrected chi connectivity index (χ0v) is 13.7. The second-order valence-electron chi connectivity index (χ2n) is 4.78. The van der Waals surface area contributed by atoms with Gasteiger partial charge in [0.1, 0.15) is 0 Å². The Morgan fingerprint density at radius 2 is 2.05 bits per heavy atom. The Labute approximate surface area is 130 Å². The Bertz CT molecular complexity index is 481. The van der Waals surface area contributed by atoms with E-state index in [1.54, 1.807) is 6.20 Å². The summed E-state index contributed by atoms with van der Waals surface area (Å²) in [7, 11) is 0. The van der Waals surface area contributed by atoms with Crippen LogP contribution in [0.15, 0.2) is 9.98 Å². The van der Waals surface area contributed by atoms with Gasteiger partial charge in [-0.25, -0.2) is 4.98 Å². The molecule has 1 aliphatic carbocycles. The van der Waals surface area contributed by atoms with Gasteiger partial charge in [-0.2, -0.15) is 0 Å². The van der Waals surface area contributed by atoms with Gasteiger partial charge in [-0.15, -0.1) is 0 Å². The number of thiocarbonyl (C=S) groups is 1. The smallest absolute Gasteiger partial charge is 0.239 e. The summed E-state index contributed by atoms with van der Waals surface area (Å²) in [6.45, 7) is 0. The number of carbonyl (C=O) groups is 1. The van der Waals surface area contributed by atoms with E-state index in [2.05, 4.69) is 26.2 Å². The molecule has 104 valence electrons. The van der Waals surface area contributed by atoms with Gasteiger partial charge in [0.25, 0.3) is 0 Å². The van der Waals surface area contributed by atoms with Crippen molar-refractivity contribution in [3.05, 3.63) is 9.98 Å². The minimum Gasteiger partial charge on any atom is -0.392 e. The largest absolute Gasteiger partial charge is 0.392 e. The lowest BCUT2D eigenvalue weighted by atomic mass is 9.79. The SMILES string of the molecule is NC(=S)C1(C(=O)Nc2ncc(Br)s2)CCCCCC1. The number of anilines is 1. The number of nitrogens with one attached hydrogen (secondary N) is 1. The van der Waals surface area contributed by atoms with E-state index in [1.165, 1.54) is 11.3 Å². The van der Waals surface area contributed by atoms with Gasteiger partial charge in [-0.1, -0.05) is 49.2 Å². The van der Waals surface area contributed by atoms with Crippen LogP contribution in [0, 0.1) is 5.41 Å². The van der Waals surface area contributed by atoms with Crippen molar-refractivity contribution in [2.24, 2.45) is 11.1 Å². The molecule has 0 unspecified atom stereocenters. The summed E-state index contributed by atoms with van der Waals surface area (Å²) in [5, 5.41) is 3.43. The lowest BCUT2D eigenvalue weighted by Crippen LogP contribution is -2.45. The number of halogens is 1. The molecule has 0 bridgehead atoms. The van der Waals surface area contributed by atoms with Crippen LogP contribution in [0.3, 0.4) is 0 Å². The maximum absolute atomic E-state index is 12.6. The monoisotopic (exact) mass is 361 g/mol. The maximum Gasteiger partial charge on any atom is 0.239 e. The van der Waals surface area contributed by atoms with Gasteiger partial charge < -0.3 is 11.1 Å². The van der Waals surface area contributed by atoms with E-state index >= 15 is 0 Å². The predicted molar refractivity (Wildman–Crippen MR) is 85.4 cm³/mol. The number of carbonyl (C=O) groups excluding carboxylic acids is 1. The number of hydrogen-bond donors (Lipinski definition) is 2. The Balaban J connectivity index is 2.18. The Kier molecular flexibility index (Phi) is 4.92. The van der Waals surface area contributed by atoms with Gasteiger partial charge in [0.2, 0.25) is 5.91 Å². The van der Waals surface area contributed by atoms with Crippen LogP contribution in [-0.4, -0.2) is 15.9 Å². The molecule has 19 heavy (non-hydrogen) atoms. The molecule has 1 amide bonds. The summed E-state index contributed by atoms with van der Waals surface area (Å²) in [6.07, 6.45) is 7.40. The highest BCUT2D eigenvalue weighted by atomic mass is 79.9. The van der Waals surface area contributed by atoms with Crippen LogP contribution in [0.5, 0.6) is 0 Å². The van der Waals surface area contributed by atoms with Gasteiger partial charge in [-0.3, -0.25) is 4.79 Å². The third-order valence-corrected chi connectivity index (χ3v) is 5.34. The van der Waals surface area contributed by atoms with E-state index < -0.39 is 5.41 Å². The molecular weight excluding hydrogens is 346 g/mol. The highest BCUT2D eigenvalue weighted by molar-refractivity contribution is 9.11. The van der Waals surface area contributed by atoms with Crippen molar-refractivity contribution in [3.8, 4) is 0 Å². The summed E-state index contributed by atoms with van der Waals surface area (Å²) < 4.78 is 0.882. The van der Waals surface area contributed by atoms with E-state index in [9.17, 15) is 4.79 Å². The fraction of sp³-hybridized carbons (Fsp3) is 0.583. The average molecular weight is 362 g/mol. The third-order valence-electron chi connectivity index (χ3n) is 3.56. The van der Waals surface area contributed by atoms with Crippen LogP contribution in [-0.2, 0) is 4.79 Å². The zero-order chi connectivity index (χ0) is 13.9. The van der Waals surface area contributed by atoms with Crippen LogP contribution >= 0.6 is 39.5 Å². The standard InChI is InChI=1S/C12H16BrN3OS2/c13-8-7-15-11(19-8)16-10(17)12(9(14)18)5-3-1-2-4-6-12/h7H,1-6H2,(H2,14,18)(H,15,16,17). The first-order valence-electron chi connectivity index (χ1n) is 6.27. The number of nitrogens with zero attached hydrogens (tertiary/aromatic N) is 1. The minimum absolute atomic E-state index is 0.108. The topological polar surface area (TPSA) is 68.0 Å². The van der Waals surface area contributed by atoms with Crippen LogP contribution in [0.4, 0.5) is 5.13 Å². The summed E-state index contributed by atoms with van der Waals surface area (Å²) >= 11 is 9.89. The van der Waals surface area contributed by atoms with Gasteiger partial charge in [0, 0.05) is 0 Å². The minimum atomic E-state index is -0.704. The Morgan fingerprint density at radius 3 is 2.53 bits per heavy atom. The number of amides is 1. The number of nitrogens with two attached hydrogens (primary N) is 1. The molecule has 0 aromatic carbocycles. The van der Waals surface area contributed by atoms with Crippen molar-refractivity contribution in [1.29, 1.82) is 0 Å². The summed E-state index contributed by atoms with van der Waals surface area (Å²) in [5.74, 6) is -0.108. The van der Waals surface area contributed by atoms with Crippen LogP contribution in [0.1, 0.15) is 38.5 Å². The molecule has 3 N–H and O–H groups in total. The van der Waals surface area contributed by atoms with Gasteiger partial charge in [0.15, 0.2) is 5.13 Å². The molecule has 1 saturated carbocycles. The fourth-order valence-electron chi connectivity index (χ4n) is 2.45. The van der Waals surface area contributed by atoms with Gasteiger partial charge in [-0.05, 0) is 28.8 Å². The van der Waals surface area contributed by atoms with Crippen molar-refractivity contribution in [2.75, 3.05) is 5.32 Å². The highest BCUT2D eigenvalue weighted by Gasteiger charge is 2.41.